The third-order valence-electron chi connectivity index (χ3n) is 3.17. The molecule has 0 aromatic rings. The molecule has 0 aliphatic heterocycles. The van der Waals surface area contributed by atoms with Gasteiger partial charge in [-0.2, -0.15) is 0 Å². The largest absolute Gasteiger partial charge is 0.352 e. The Labute approximate surface area is 107 Å². The van der Waals surface area contributed by atoms with E-state index in [4.69, 9.17) is 0 Å². The summed E-state index contributed by atoms with van der Waals surface area (Å²) in [6.45, 7) is 10.4. The van der Waals surface area contributed by atoms with Gasteiger partial charge in [0.15, 0.2) is 0 Å². The number of hydrogen-bond acceptors (Lipinski definition) is 2. The van der Waals surface area contributed by atoms with Crippen molar-refractivity contribution in [3.63, 3.8) is 0 Å². The van der Waals surface area contributed by atoms with E-state index in [9.17, 15) is 4.79 Å². The van der Waals surface area contributed by atoms with Gasteiger partial charge in [-0.1, -0.05) is 33.1 Å². The van der Waals surface area contributed by atoms with Crippen LogP contribution in [0.3, 0.4) is 0 Å². The highest BCUT2D eigenvalue weighted by Gasteiger charge is 2.16. The summed E-state index contributed by atoms with van der Waals surface area (Å²) >= 11 is 0. The highest BCUT2D eigenvalue weighted by Crippen LogP contribution is 2.03. The summed E-state index contributed by atoms with van der Waals surface area (Å²) in [6.07, 6.45) is 5.89. The molecule has 0 spiro atoms. The smallest absolute Gasteiger partial charge is 0.237 e. The Hall–Kier alpha value is -0.570. The minimum atomic E-state index is -0.0966. The molecule has 0 aromatic heterocycles. The van der Waals surface area contributed by atoms with E-state index in [1.807, 2.05) is 13.8 Å². The molecule has 0 aliphatic carbocycles. The number of nitrogens with one attached hydrogen (secondary N) is 2. The zero-order valence-electron chi connectivity index (χ0n) is 12.2. The fourth-order valence-corrected chi connectivity index (χ4v) is 1.76. The maximum Gasteiger partial charge on any atom is 0.237 e. The molecule has 0 radical (unpaired) electrons. The molecule has 1 amide bonds. The van der Waals surface area contributed by atoms with Crippen LogP contribution in [0.5, 0.6) is 0 Å². The lowest BCUT2D eigenvalue weighted by atomic mass is 10.1. The Balaban J connectivity index is 3.82. The molecule has 0 fully saturated rings. The van der Waals surface area contributed by atoms with Crippen LogP contribution in [0.2, 0.25) is 0 Å². The fraction of sp³-hybridized carbons (Fsp3) is 0.929. The number of unbranched alkanes of at least 4 members (excludes halogenated alkanes) is 2. The second-order valence-corrected chi connectivity index (χ2v) is 5.10. The number of amides is 1. The van der Waals surface area contributed by atoms with Gasteiger partial charge in [-0.3, -0.25) is 4.79 Å². The summed E-state index contributed by atoms with van der Waals surface area (Å²) in [4.78, 5) is 11.8. The minimum Gasteiger partial charge on any atom is -0.352 e. The van der Waals surface area contributed by atoms with Crippen molar-refractivity contribution in [2.75, 3.05) is 0 Å². The highest BCUT2D eigenvalue weighted by atomic mass is 16.2. The van der Waals surface area contributed by atoms with Crippen molar-refractivity contribution in [1.82, 2.24) is 10.6 Å². The van der Waals surface area contributed by atoms with Crippen molar-refractivity contribution in [1.29, 1.82) is 0 Å². The van der Waals surface area contributed by atoms with Gasteiger partial charge in [0.05, 0.1) is 6.04 Å². The minimum absolute atomic E-state index is 0.0966. The van der Waals surface area contributed by atoms with Crippen LogP contribution in [-0.4, -0.2) is 24.0 Å². The Kier molecular flexibility index (Phi) is 9.14. The molecule has 0 aromatic carbocycles. The summed E-state index contributed by atoms with van der Waals surface area (Å²) in [7, 11) is 0. The molecule has 102 valence electrons. The average Bonchev–Trinajstić information content (AvgIpc) is 2.28. The van der Waals surface area contributed by atoms with Gasteiger partial charge in [-0.05, 0) is 33.6 Å². The van der Waals surface area contributed by atoms with Crippen LogP contribution in [0.25, 0.3) is 0 Å². The van der Waals surface area contributed by atoms with Gasteiger partial charge in [-0.15, -0.1) is 0 Å². The van der Waals surface area contributed by atoms with Crippen molar-refractivity contribution in [2.24, 2.45) is 0 Å². The molecular weight excluding hydrogens is 212 g/mol. The zero-order valence-corrected chi connectivity index (χ0v) is 12.2. The zero-order chi connectivity index (χ0) is 13.3. The average molecular weight is 242 g/mol. The third-order valence-corrected chi connectivity index (χ3v) is 3.17. The first kappa shape index (κ1) is 16.4. The molecule has 0 rings (SSSR count). The van der Waals surface area contributed by atoms with E-state index in [-0.39, 0.29) is 18.0 Å². The Morgan fingerprint density at radius 2 is 1.71 bits per heavy atom. The van der Waals surface area contributed by atoms with Crippen molar-refractivity contribution in [2.45, 2.75) is 84.8 Å². The molecule has 3 heteroatoms. The van der Waals surface area contributed by atoms with Crippen LogP contribution in [0, 0.1) is 0 Å². The van der Waals surface area contributed by atoms with Gasteiger partial charge < -0.3 is 10.6 Å². The van der Waals surface area contributed by atoms with Crippen LogP contribution in [0.15, 0.2) is 0 Å². The van der Waals surface area contributed by atoms with Crippen LogP contribution in [0.1, 0.15) is 66.7 Å². The van der Waals surface area contributed by atoms with Gasteiger partial charge >= 0.3 is 0 Å². The molecule has 0 saturated heterocycles. The molecule has 2 N–H and O–H groups in total. The van der Waals surface area contributed by atoms with Crippen LogP contribution in [-0.2, 0) is 4.79 Å². The Bertz CT molecular complexity index is 206. The predicted octanol–water partition coefficient (Wildman–Crippen LogP) is 2.85. The summed E-state index contributed by atoms with van der Waals surface area (Å²) in [5.74, 6) is 0.113. The Morgan fingerprint density at radius 1 is 1.06 bits per heavy atom. The van der Waals surface area contributed by atoms with Crippen molar-refractivity contribution < 1.29 is 4.79 Å². The standard InChI is InChI=1S/C14H30N2O/c1-6-8-9-10-12(4)15-13(5)14(17)16-11(3)7-2/h11-13,15H,6-10H2,1-5H3,(H,16,17). The van der Waals surface area contributed by atoms with E-state index >= 15 is 0 Å². The van der Waals surface area contributed by atoms with Gasteiger partial charge in [0.25, 0.3) is 0 Å². The van der Waals surface area contributed by atoms with Crippen LogP contribution in [0.4, 0.5) is 0 Å². The lowest BCUT2D eigenvalue weighted by Gasteiger charge is -2.21. The molecule has 3 atom stereocenters. The topological polar surface area (TPSA) is 41.1 Å². The lowest BCUT2D eigenvalue weighted by Crippen LogP contribution is -2.48. The molecular formula is C14H30N2O. The van der Waals surface area contributed by atoms with E-state index in [2.05, 4.69) is 31.4 Å². The molecule has 3 nitrogen and oxygen atoms in total. The number of carbonyl (C=O) groups excluding carboxylic acids is 1. The summed E-state index contributed by atoms with van der Waals surface area (Å²) < 4.78 is 0. The fourth-order valence-electron chi connectivity index (χ4n) is 1.76. The second-order valence-electron chi connectivity index (χ2n) is 5.10. The molecule has 0 saturated carbocycles. The predicted molar refractivity (Wildman–Crippen MR) is 74.1 cm³/mol. The van der Waals surface area contributed by atoms with E-state index in [0.717, 1.165) is 12.8 Å². The summed E-state index contributed by atoms with van der Waals surface area (Å²) in [5.41, 5.74) is 0. The first-order chi connectivity index (χ1) is 8.01. The van der Waals surface area contributed by atoms with Gasteiger partial charge in [0.1, 0.15) is 0 Å². The summed E-state index contributed by atoms with van der Waals surface area (Å²) in [6, 6.07) is 0.585. The molecule has 0 bridgehead atoms. The van der Waals surface area contributed by atoms with Gasteiger partial charge in [-0.25, -0.2) is 0 Å². The number of rotatable bonds is 9. The Morgan fingerprint density at radius 3 is 2.24 bits per heavy atom. The molecule has 0 heterocycles. The first-order valence-corrected chi connectivity index (χ1v) is 7.07. The van der Waals surface area contributed by atoms with Gasteiger partial charge in [0.2, 0.25) is 5.91 Å². The van der Waals surface area contributed by atoms with Crippen molar-refractivity contribution in [3.05, 3.63) is 0 Å². The molecule has 0 aliphatic rings. The van der Waals surface area contributed by atoms with Crippen LogP contribution >= 0.6 is 0 Å². The van der Waals surface area contributed by atoms with E-state index in [0.29, 0.717) is 6.04 Å². The van der Waals surface area contributed by atoms with Crippen molar-refractivity contribution >= 4 is 5.91 Å². The SMILES string of the molecule is CCCCCC(C)NC(C)C(=O)NC(C)CC. The second kappa shape index (κ2) is 9.46. The van der Waals surface area contributed by atoms with E-state index in [1.165, 1.54) is 19.3 Å². The van der Waals surface area contributed by atoms with E-state index < -0.39 is 0 Å². The summed E-state index contributed by atoms with van der Waals surface area (Å²) in [5, 5.41) is 6.36. The highest BCUT2D eigenvalue weighted by molar-refractivity contribution is 5.81. The maximum atomic E-state index is 11.8. The lowest BCUT2D eigenvalue weighted by molar-refractivity contribution is -0.123. The molecule has 17 heavy (non-hydrogen) atoms. The van der Waals surface area contributed by atoms with Crippen molar-refractivity contribution in [3.8, 4) is 0 Å². The third kappa shape index (κ3) is 8.19. The number of carbonyl (C=O) groups is 1. The van der Waals surface area contributed by atoms with E-state index in [1.54, 1.807) is 0 Å². The monoisotopic (exact) mass is 242 g/mol. The number of hydrogen-bond donors (Lipinski definition) is 2. The first-order valence-electron chi connectivity index (χ1n) is 7.07. The normalized spacial score (nSPS) is 16.3. The quantitative estimate of drug-likeness (QED) is 0.610. The maximum absolute atomic E-state index is 11.8. The van der Waals surface area contributed by atoms with Gasteiger partial charge in [0, 0.05) is 12.1 Å². The van der Waals surface area contributed by atoms with Crippen LogP contribution < -0.4 is 10.6 Å². The molecule has 3 unspecified atom stereocenters.